The summed E-state index contributed by atoms with van der Waals surface area (Å²) in [5.74, 6) is 2.13. The minimum atomic E-state index is -0.222. The number of rotatable bonds is 4. The number of amides is 1. The molecule has 2 rings (SSSR count). The molecule has 0 spiro atoms. The van der Waals surface area contributed by atoms with Crippen molar-refractivity contribution in [2.45, 2.75) is 24.8 Å². The van der Waals surface area contributed by atoms with E-state index in [0.29, 0.717) is 12.6 Å². The first kappa shape index (κ1) is 16.3. The van der Waals surface area contributed by atoms with E-state index in [0.717, 1.165) is 29.9 Å². The van der Waals surface area contributed by atoms with E-state index < -0.39 is 0 Å². The molecule has 1 saturated heterocycles. The Morgan fingerprint density at radius 3 is 2.53 bits per heavy atom. The van der Waals surface area contributed by atoms with Crippen molar-refractivity contribution in [3.05, 3.63) is 35.9 Å². The highest BCUT2D eigenvalue weighted by Gasteiger charge is 2.22. The van der Waals surface area contributed by atoms with E-state index in [4.69, 9.17) is 5.73 Å². The maximum Gasteiger partial charge on any atom is 0.229 e. The Labute approximate surface area is 125 Å². The lowest BCUT2D eigenvalue weighted by Gasteiger charge is -2.25. The highest BCUT2D eigenvalue weighted by molar-refractivity contribution is 7.99. The molecular formula is C14H21ClN2OS. The number of nitrogens with one attached hydrogen (secondary N) is 1. The van der Waals surface area contributed by atoms with Crippen LogP contribution in [0.15, 0.2) is 30.3 Å². The van der Waals surface area contributed by atoms with Crippen molar-refractivity contribution in [2.75, 3.05) is 18.1 Å². The minimum Gasteiger partial charge on any atom is -0.353 e. The van der Waals surface area contributed by atoms with Crippen molar-refractivity contribution in [3.8, 4) is 0 Å². The number of hydrogen-bond acceptors (Lipinski definition) is 3. The molecule has 1 aromatic rings. The van der Waals surface area contributed by atoms with Gasteiger partial charge in [-0.3, -0.25) is 4.79 Å². The Bertz CT molecular complexity index is 382. The zero-order valence-electron chi connectivity index (χ0n) is 10.9. The summed E-state index contributed by atoms with van der Waals surface area (Å²) in [5.41, 5.74) is 6.75. The van der Waals surface area contributed by atoms with Crippen LogP contribution in [0.3, 0.4) is 0 Å². The molecule has 1 aromatic carbocycles. The van der Waals surface area contributed by atoms with Gasteiger partial charge in [0.05, 0.1) is 5.92 Å². The number of nitrogens with two attached hydrogens (primary N) is 1. The monoisotopic (exact) mass is 300 g/mol. The van der Waals surface area contributed by atoms with Gasteiger partial charge in [0.2, 0.25) is 5.91 Å². The second kappa shape index (κ2) is 8.46. The summed E-state index contributed by atoms with van der Waals surface area (Å²) < 4.78 is 0. The van der Waals surface area contributed by atoms with Crippen LogP contribution < -0.4 is 11.1 Å². The quantitative estimate of drug-likeness (QED) is 0.896. The summed E-state index contributed by atoms with van der Waals surface area (Å²) in [6.07, 6.45) is 2.14. The third-order valence-electron chi connectivity index (χ3n) is 3.32. The van der Waals surface area contributed by atoms with E-state index >= 15 is 0 Å². The van der Waals surface area contributed by atoms with Crippen LogP contribution in [-0.2, 0) is 4.79 Å². The van der Waals surface area contributed by atoms with Gasteiger partial charge < -0.3 is 11.1 Å². The molecule has 1 heterocycles. The van der Waals surface area contributed by atoms with Gasteiger partial charge in [-0.2, -0.15) is 11.8 Å². The summed E-state index contributed by atoms with van der Waals surface area (Å²) in [7, 11) is 0. The van der Waals surface area contributed by atoms with Crippen molar-refractivity contribution in [1.29, 1.82) is 0 Å². The Morgan fingerprint density at radius 1 is 1.32 bits per heavy atom. The summed E-state index contributed by atoms with van der Waals surface area (Å²) >= 11 is 1.96. The molecule has 1 atom stereocenters. The smallest absolute Gasteiger partial charge is 0.229 e. The second-order valence-corrected chi connectivity index (χ2v) is 5.82. The van der Waals surface area contributed by atoms with Gasteiger partial charge in [-0.05, 0) is 29.9 Å². The van der Waals surface area contributed by atoms with Crippen molar-refractivity contribution >= 4 is 30.1 Å². The lowest BCUT2D eigenvalue weighted by Crippen LogP contribution is -2.41. The fourth-order valence-electron chi connectivity index (χ4n) is 2.22. The van der Waals surface area contributed by atoms with Gasteiger partial charge in [0.1, 0.15) is 0 Å². The van der Waals surface area contributed by atoms with Crippen LogP contribution in [0.2, 0.25) is 0 Å². The van der Waals surface area contributed by atoms with Crippen molar-refractivity contribution in [3.63, 3.8) is 0 Å². The molecule has 19 heavy (non-hydrogen) atoms. The number of benzene rings is 1. The summed E-state index contributed by atoms with van der Waals surface area (Å²) in [4.78, 5) is 12.2. The number of thioether (sulfide) groups is 1. The lowest BCUT2D eigenvalue weighted by atomic mass is 9.97. The first-order chi connectivity index (χ1) is 8.81. The van der Waals surface area contributed by atoms with Crippen LogP contribution in [0.25, 0.3) is 0 Å². The maximum atomic E-state index is 12.2. The zero-order valence-corrected chi connectivity index (χ0v) is 12.5. The summed E-state index contributed by atoms with van der Waals surface area (Å²) in [5, 5.41) is 3.14. The Balaban J connectivity index is 0.00000180. The Hall–Kier alpha value is -0.710. The molecule has 5 heteroatoms. The molecule has 0 saturated carbocycles. The standard InChI is InChI=1S/C14H20N2OS.ClH/c15-10-13(11-4-2-1-3-5-11)14(17)16-12-6-8-18-9-7-12;/h1-5,12-13H,6-10,15H2,(H,16,17);1H. The lowest BCUT2D eigenvalue weighted by molar-refractivity contribution is -0.123. The van der Waals surface area contributed by atoms with E-state index in [2.05, 4.69) is 5.32 Å². The zero-order chi connectivity index (χ0) is 12.8. The van der Waals surface area contributed by atoms with Crippen LogP contribution >= 0.6 is 24.2 Å². The third kappa shape index (κ3) is 4.71. The highest BCUT2D eigenvalue weighted by atomic mass is 35.5. The topological polar surface area (TPSA) is 55.1 Å². The molecule has 0 aliphatic carbocycles. The number of hydrogen-bond donors (Lipinski definition) is 2. The molecule has 0 aromatic heterocycles. The molecule has 1 fully saturated rings. The van der Waals surface area contributed by atoms with Gasteiger partial charge in [-0.15, -0.1) is 12.4 Å². The fourth-order valence-corrected chi connectivity index (χ4v) is 3.33. The molecule has 1 aliphatic rings. The first-order valence-electron chi connectivity index (χ1n) is 6.44. The maximum absolute atomic E-state index is 12.2. The molecule has 3 nitrogen and oxygen atoms in total. The molecule has 1 amide bonds. The summed E-state index contributed by atoms with van der Waals surface area (Å²) in [6.45, 7) is 0.358. The minimum absolute atomic E-state index is 0. The third-order valence-corrected chi connectivity index (χ3v) is 4.37. The number of halogens is 1. The number of carbonyl (C=O) groups excluding carboxylic acids is 1. The first-order valence-corrected chi connectivity index (χ1v) is 7.60. The van der Waals surface area contributed by atoms with Gasteiger partial charge in [-0.25, -0.2) is 0 Å². The molecule has 1 aliphatic heterocycles. The largest absolute Gasteiger partial charge is 0.353 e. The van der Waals surface area contributed by atoms with Crippen LogP contribution in [0.5, 0.6) is 0 Å². The van der Waals surface area contributed by atoms with Crippen LogP contribution in [-0.4, -0.2) is 30.0 Å². The fraction of sp³-hybridized carbons (Fsp3) is 0.500. The highest BCUT2D eigenvalue weighted by Crippen LogP contribution is 2.19. The van der Waals surface area contributed by atoms with E-state index in [1.165, 1.54) is 0 Å². The second-order valence-electron chi connectivity index (χ2n) is 4.59. The number of carbonyl (C=O) groups is 1. The van der Waals surface area contributed by atoms with E-state index in [-0.39, 0.29) is 24.2 Å². The summed E-state index contributed by atoms with van der Waals surface area (Å²) in [6, 6.07) is 10.1. The predicted octanol–water partition coefficient (Wildman–Crippen LogP) is 2.16. The average molecular weight is 301 g/mol. The van der Waals surface area contributed by atoms with Crippen LogP contribution in [0, 0.1) is 0 Å². The normalized spacial score (nSPS) is 17.3. The van der Waals surface area contributed by atoms with E-state index in [1.807, 2.05) is 42.1 Å². The van der Waals surface area contributed by atoms with Gasteiger partial charge in [0, 0.05) is 12.6 Å². The van der Waals surface area contributed by atoms with Gasteiger partial charge >= 0.3 is 0 Å². The molecule has 106 valence electrons. The van der Waals surface area contributed by atoms with Gasteiger partial charge in [0.15, 0.2) is 0 Å². The van der Waals surface area contributed by atoms with Crippen molar-refractivity contribution in [2.24, 2.45) is 5.73 Å². The van der Waals surface area contributed by atoms with Gasteiger partial charge in [-0.1, -0.05) is 30.3 Å². The molecule has 0 bridgehead atoms. The van der Waals surface area contributed by atoms with E-state index in [1.54, 1.807) is 0 Å². The molecular weight excluding hydrogens is 280 g/mol. The van der Waals surface area contributed by atoms with Gasteiger partial charge in [0.25, 0.3) is 0 Å². The van der Waals surface area contributed by atoms with Crippen LogP contribution in [0.4, 0.5) is 0 Å². The molecule has 3 N–H and O–H groups in total. The van der Waals surface area contributed by atoms with Crippen molar-refractivity contribution in [1.82, 2.24) is 5.32 Å². The van der Waals surface area contributed by atoms with Crippen molar-refractivity contribution < 1.29 is 4.79 Å². The molecule has 0 radical (unpaired) electrons. The Morgan fingerprint density at radius 2 is 1.95 bits per heavy atom. The SMILES string of the molecule is Cl.NCC(C(=O)NC1CCSCC1)c1ccccc1. The molecule has 1 unspecified atom stereocenters. The Kier molecular flexibility index (Phi) is 7.28. The average Bonchev–Trinajstić information content (AvgIpc) is 2.42. The predicted molar refractivity (Wildman–Crippen MR) is 84.0 cm³/mol. The van der Waals surface area contributed by atoms with Crippen LogP contribution in [0.1, 0.15) is 24.3 Å². The van der Waals surface area contributed by atoms with E-state index in [9.17, 15) is 4.79 Å².